The number of hydrogen-bond acceptors (Lipinski definition) is 6. The van der Waals surface area contributed by atoms with Crippen molar-refractivity contribution in [2.45, 2.75) is 33.0 Å². The molecule has 9 nitrogen and oxygen atoms in total. The Morgan fingerprint density at radius 1 is 0.900 bits per heavy atom. The van der Waals surface area contributed by atoms with Gasteiger partial charge in [0.05, 0.1) is 12.6 Å². The molecule has 0 aliphatic rings. The van der Waals surface area contributed by atoms with Crippen LogP contribution in [0.4, 0.5) is 14.5 Å². The number of carbonyl (C=O) groups is 3. The summed E-state index contributed by atoms with van der Waals surface area (Å²) in [5, 5.41) is 26.1. The molecule has 0 saturated carbocycles. The van der Waals surface area contributed by atoms with Gasteiger partial charge in [-0.25, -0.2) is 14.3 Å². The van der Waals surface area contributed by atoms with Crippen molar-refractivity contribution in [2.24, 2.45) is 0 Å². The van der Waals surface area contributed by atoms with Gasteiger partial charge >= 0.3 is 0 Å². The van der Waals surface area contributed by atoms with E-state index in [1.165, 1.54) is 30.6 Å². The van der Waals surface area contributed by atoms with Gasteiger partial charge in [0.2, 0.25) is 5.91 Å². The first-order chi connectivity index (χ1) is 18.7. The SMILES string of the molecule is C.C[C@@H](O)[C@H](NC(=O)c1ccc(C#Cc2ccc(NC(=O)CNCc3c(F)cccc3F)cc2)cc1)C(=O)NO. The van der Waals surface area contributed by atoms with Crippen molar-refractivity contribution < 1.29 is 33.5 Å². The lowest BCUT2D eigenvalue weighted by Crippen LogP contribution is -2.51. The molecule has 0 radical (unpaired) electrons. The molecule has 0 unspecified atom stereocenters. The predicted octanol–water partition coefficient (Wildman–Crippen LogP) is 2.71. The topological polar surface area (TPSA) is 140 Å². The minimum absolute atomic E-state index is 0. The Kier molecular flexibility index (Phi) is 11.9. The van der Waals surface area contributed by atoms with Crippen molar-refractivity contribution in [3.8, 4) is 11.8 Å². The monoisotopic (exact) mass is 552 g/mol. The highest BCUT2D eigenvalue weighted by atomic mass is 19.1. The average molecular weight is 553 g/mol. The molecule has 2 atom stereocenters. The van der Waals surface area contributed by atoms with Crippen LogP contribution in [0.25, 0.3) is 0 Å². The van der Waals surface area contributed by atoms with E-state index in [0.717, 1.165) is 12.1 Å². The van der Waals surface area contributed by atoms with Gasteiger partial charge < -0.3 is 21.1 Å². The molecule has 40 heavy (non-hydrogen) atoms. The highest BCUT2D eigenvalue weighted by Gasteiger charge is 2.25. The number of anilines is 1. The summed E-state index contributed by atoms with van der Waals surface area (Å²) in [6.07, 6.45) is -1.22. The van der Waals surface area contributed by atoms with E-state index in [-0.39, 0.29) is 37.6 Å². The van der Waals surface area contributed by atoms with E-state index in [1.54, 1.807) is 36.4 Å². The van der Waals surface area contributed by atoms with Crippen LogP contribution in [0.5, 0.6) is 0 Å². The fourth-order valence-corrected chi connectivity index (χ4v) is 3.39. The number of aliphatic hydroxyl groups is 1. The highest BCUT2D eigenvalue weighted by molar-refractivity contribution is 5.97. The molecule has 0 aliphatic heterocycles. The average Bonchev–Trinajstić information content (AvgIpc) is 2.92. The molecule has 0 saturated heterocycles. The molecular formula is C29H30F2N4O5. The molecule has 0 heterocycles. The van der Waals surface area contributed by atoms with Gasteiger partial charge in [-0.15, -0.1) is 0 Å². The minimum Gasteiger partial charge on any atom is -0.391 e. The van der Waals surface area contributed by atoms with Crippen LogP contribution in [-0.2, 0) is 16.1 Å². The Labute approximate surface area is 230 Å². The summed E-state index contributed by atoms with van der Waals surface area (Å²) in [5.74, 6) is 2.60. The van der Waals surface area contributed by atoms with E-state index in [4.69, 9.17) is 5.21 Å². The van der Waals surface area contributed by atoms with Gasteiger partial charge in [-0.1, -0.05) is 25.3 Å². The number of hydroxylamine groups is 1. The summed E-state index contributed by atoms with van der Waals surface area (Å²) in [4.78, 5) is 36.0. The fourth-order valence-electron chi connectivity index (χ4n) is 3.39. The largest absolute Gasteiger partial charge is 0.391 e. The second kappa shape index (κ2) is 15.1. The van der Waals surface area contributed by atoms with Gasteiger partial charge in [0, 0.05) is 34.5 Å². The third-order valence-electron chi connectivity index (χ3n) is 5.48. The van der Waals surface area contributed by atoms with Crippen LogP contribution in [0, 0.1) is 23.5 Å². The van der Waals surface area contributed by atoms with Gasteiger partial charge in [-0.05, 0) is 67.6 Å². The number of rotatable bonds is 9. The Morgan fingerprint density at radius 2 is 1.45 bits per heavy atom. The molecule has 0 aliphatic carbocycles. The molecule has 6 N–H and O–H groups in total. The fraction of sp³-hybridized carbons (Fsp3) is 0.207. The van der Waals surface area contributed by atoms with E-state index >= 15 is 0 Å². The second-order valence-corrected chi connectivity index (χ2v) is 8.42. The standard InChI is InChI=1S/C28H26F2N4O5.CH4/c1-17(35)26(28(38)34-39)33-27(37)20-11-7-18(8-12-20)5-6-19-9-13-21(14-10-19)32-25(36)16-31-15-22-23(29)3-2-4-24(22)30;/h2-4,7-14,17,26,31,35,39H,15-16H2,1H3,(H,32,36)(H,33,37)(H,34,38);1H4/t17-,26+;/m1./s1. The summed E-state index contributed by atoms with van der Waals surface area (Å²) >= 11 is 0. The molecule has 0 aromatic heterocycles. The third-order valence-corrected chi connectivity index (χ3v) is 5.48. The van der Waals surface area contributed by atoms with Gasteiger partial charge in [-0.3, -0.25) is 19.6 Å². The maximum atomic E-state index is 13.6. The number of nitrogens with one attached hydrogen (secondary N) is 4. The highest BCUT2D eigenvalue weighted by Crippen LogP contribution is 2.12. The van der Waals surface area contributed by atoms with Crippen LogP contribution in [0.3, 0.4) is 0 Å². The first-order valence-corrected chi connectivity index (χ1v) is 11.8. The van der Waals surface area contributed by atoms with Gasteiger partial charge in [0.1, 0.15) is 17.7 Å². The summed E-state index contributed by atoms with van der Waals surface area (Å²) in [6.45, 7) is 1.03. The Morgan fingerprint density at radius 3 is 1.98 bits per heavy atom. The van der Waals surface area contributed by atoms with E-state index in [0.29, 0.717) is 16.8 Å². The van der Waals surface area contributed by atoms with Crippen molar-refractivity contribution in [1.82, 2.24) is 16.1 Å². The lowest BCUT2D eigenvalue weighted by molar-refractivity contribution is -0.133. The summed E-state index contributed by atoms with van der Waals surface area (Å²) < 4.78 is 27.3. The Hall–Kier alpha value is -4.63. The second-order valence-electron chi connectivity index (χ2n) is 8.42. The lowest BCUT2D eigenvalue weighted by atomic mass is 10.1. The van der Waals surface area contributed by atoms with Crippen LogP contribution >= 0.6 is 0 Å². The number of amides is 3. The summed E-state index contributed by atoms with van der Waals surface area (Å²) in [7, 11) is 0. The van der Waals surface area contributed by atoms with E-state index in [9.17, 15) is 28.3 Å². The number of halogens is 2. The number of hydrogen-bond donors (Lipinski definition) is 6. The normalized spacial score (nSPS) is 11.6. The van der Waals surface area contributed by atoms with Crippen LogP contribution in [0.15, 0.2) is 66.7 Å². The molecule has 3 rings (SSSR count). The Bertz CT molecular complexity index is 1360. The number of benzene rings is 3. The molecule has 3 amide bonds. The smallest absolute Gasteiger partial charge is 0.268 e. The van der Waals surface area contributed by atoms with Crippen LogP contribution in [0.2, 0.25) is 0 Å². The summed E-state index contributed by atoms with van der Waals surface area (Å²) in [6, 6.07) is 15.2. The van der Waals surface area contributed by atoms with Crippen molar-refractivity contribution in [1.29, 1.82) is 0 Å². The van der Waals surface area contributed by atoms with Gasteiger partial charge in [-0.2, -0.15) is 0 Å². The van der Waals surface area contributed by atoms with E-state index < -0.39 is 35.6 Å². The van der Waals surface area contributed by atoms with Crippen molar-refractivity contribution >= 4 is 23.4 Å². The first-order valence-electron chi connectivity index (χ1n) is 11.8. The Balaban J connectivity index is 0.00000560. The van der Waals surface area contributed by atoms with Crippen molar-refractivity contribution in [3.05, 3.63) is 101 Å². The van der Waals surface area contributed by atoms with Gasteiger partial charge in [0.25, 0.3) is 11.8 Å². The van der Waals surface area contributed by atoms with Crippen LogP contribution < -0.4 is 21.4 Å². The molecule has 0 spiro atoms. The van der Waals surface area contributed by atoms with Crippen LogP contribution in [-0.4, -0.2) is 46.7 Å². The maximum absolute atomic E-state index is 13.6. The van der Waals surface area contributed by atoms with Crippen LogP contribution in [0.1, 0.15) is 41.4 Å². The zero-order valence-electron chi connectivity index (χ0n) is 20.8. The van der Waals surface area contributed by atoms with E-state index in [1.807, 2.05) is 0 Å². The van der Waals surface area contributed by atoms with Crippen molar-refractivity contribution in [2.75, 3.05) is 11.9 Å². The molecule has 3 aromatic carbocycles. The zero-order chi connectivity index (χ0) is 28.4. The number of aliphatic hydroxyl groups excluding tert-OH is 1. The molecular weight excluding hydrogens is 522 g/mol. The molecule has 3 aromatic rings. The number of carbonyl (C=O) groups excluding carboxylic acids is 3. The predicted molar refractivity (Wildman–Crippen MR) is 145 cm³/mol. The molecule has 0 bridgehead atoms. The molecule has 11 heteroatoms. The maximum Gasteiger partial charge on any atom is 0.268 e. The zero-order valence-corrected chi connectivity index (χ0v) is 20.8. The van der Waals surface area contributed by atoms with E-state index in [2.05, 4.69) is 27.8 Å². The lowest BCUT2D eigenvalue weighted by Gasteiger charge is -2.19. The summed E-state index contributed by atoms with van der Waals surface area (Å²) in [5.41, 5.74) is 3.28. The first kappa shape index (κ1) is 31.6. The van der Waals surface area contributed by atoms with Crippen molar-refractivity contribution in [3.63, 3.8) is 0 Å². The third kappa shape index (κ3) is 8.99. The van der Waals surface area contributed by atoms with Gasteiger partial charge in [0.15, 0.2) is 0 Å². The molecule has 0 fully saturated rings. The minimum atomic E-state index is -1.32. The quantitative estimate of drug-likeness (QED) is 0.137. The molecule has 210 valence electrons.